The summed E-state index contributed by atoms with van der Waals surface area (Å²) in [6.45, 7) is 3.68. The Morgan fingerprint density at radius 3 is 2.37 bits per heavy atom. The zero-order chi connectivity index (χ0) is 20.0. The Morgan fingerprint density at radius 1 is 1.11 bits per heavy atom. The van der Waals surface area contributed by atoms with E-state index in [4.69, 9.17) is 21.1 Å². The number of methoxy groups -OCH3 is 2. The Labute approximate surface area is 164 Å². The third kappa shape index (κ3) is 5.37. The third-order valence-corrected chi connectivity index (χ3v) is 4.45. The normalized spacial score (nSPS) is 10.3. The highest BCUT2D eigenvalue weighted by Crippen LogP contribution is 2.35. The number of carbonyl (C=O) groups excluding carboxylic acids is 2. The second-order valence-electron chi connectivity index (χ2n) is 6.04. The van der Waals surface area contributed by atoms with Crippen molar-refractivity contribution < 1.29 is 19.1 Å². The van der Waals surface area contributed by atoms with Crippen molar-refractivity contribution in [3.63, 3.8) is 0 Å². The lowest BCUT2D eigenvalue weighted by atomic mass is 10.1. The summed E-state index contributed by atoms with van der Waals surface area (Å²) in [5.41, 5.74) is 2.47. The van der Waals surface area contributed by atoms with Crippen LogP contribution in [0.5, 0.6) is 11.5 Å². The van der Waals surface area contributed by atoms with Gasteiger partial charge in [0.05, 0.1) is 24.9 Å². The predicted octanol–water partition coefficient (Wildman–Crippen LogP) is 3.65. The lowest BCUT2D eigenvalue weighted by Gasteiger charge is -2.22. The number of hydrogen-bond donors (Lipinski definition) is 1. The van der Waals surface area contributed by atoms with Crippen LogP contribution in [0, 0.1) is 6.92 Å². The molecule has 0 saturated heterocycles. The molecular weight excluding hydrogens is 368 g/mol. The van der Waals surface area contributed by atoms with E-state index < -0.39 is 0 Å². The summed E-state index contributed by atoms with van der Waals surface area (Å²) in [6.07, 6.45) is 0. The van der Waals surface area contributed by atoms with Crippen molar-refractivity contribution in [1.29, 1.82) is 0 Å². The molecule has 0 aliphatic heterocycles. The summed E-state index contributed by atoms with van der Waals surface area (Å²) in [7, 11) is 2.97. The van der Waals surface area contributed by atoms with Crippen LogP contribution in [0.4, 0.5) is 5.69 Å². The van der Waals surface area contributed by atoms with Crippen molar-refractivity contribution in [2.75, 3.05) is 26.1 Å². The number of hydrogen-bond acceptors (Lipinski definition) is 4. The molecule has 0 radical (unpaired) electrons. The van der Waals surface area contributed by atoms with Gasteiger partial charge in [0.15, 0.2) is 0 Å². The number of ether oxygens (including phenoxy) is 2. The van der Waals surface area contributed by atoms with Gasteiger partial charge in [0.25, 0.3) is 0 Å². The van der Waals surface area contributed by atoms with Gasteiger partial charge < -0.3 is 19.7 Å². The highest BCUT2D eigenvalue weighted by atomic mass is 35.5. The second kappa shape index (κ2) is 9.28. The topological polar surface area (TPSA) is 67.9 Å². The fourth-order valence-corrected chi connectivity index (χ4v) is 2.82. The maximum absolute atomic E-state index is 12.5. The van der Waals surface area contributed by atoms with Crippen LogP contribution in [0.2, 0.25) is 5.02 Å². The molecule has 0 heterocycles. The molecule has 0 spiro atoms. The van der Waals surface area contributed by atoms with Crippen molar-refractivity contribution in [3.8, 4) is 11.5 Å². The van der Waals surface area contributed by atoms with E-state index >= 15 is 0 Å². The van der Waals surface area contributed by atoms with Crippen LogP contribution in [0.1, 0.15) is 18.1 Å². The van der Waals surface area contributed by atoms with Gasteiger partial charge in [0.1, 0.15) is 18.0 Å². The maximum Gasteiger partial charge on any atom is 0.244 e. The largest absolute Gasteiger partial charge is 0.495 e. The van der Waals surface area contributed by atoms with Gasteiger partial charge in [0, 0.05) is 25.6 Å². The van der Waals surface area contributed by atoms with E-state index in [0.717, 1.165) is 11.1 Å². The molecule has 0 atom stereocenters. The van der Waals surface area contributed by atoms with E-state index in [9.17, 15) is 9.59 Å². The molecule has 1 N–H and O–H groups in total. The molecule has 2 aromatic rings. The van der Waals surface area contributed by atoms with Gasteiger partial charge in [0.2, 0.25) is 11.8 Å². The zero-order valence-corrected chi connectivity index (χ0v) is 16.6. The minimum Gasteiger partial charge on any atom is -0.495 e. The van der Waals surface area contributed by atoms with Crippen LogP contribution in [0.15, 0.2) is 36.4 Å². The molecule has 7 heteroatoms. The Balaban J connectivity index is 2.15. The lowest BCUT2D eigenvalue weighted by molar-refractivity contribution is -0.133. The minimum atomic E-state index is -0.346. The number of rotatable bonds is 7. The van der Waals surface area contributed by atoms with Crippen molar-refractivity contribution in [2.45, 2.75) is 20.4 Å². The van der Waals surface area contributed by atoms with Crippen molar-refractivity contribution in [1.82, 2.24) is 4.90 Å². The highest BCUT2D eigenvalue weighted by Gasteiger charge is 2.17. The van der Waals surface area contributed by atoms with Crippen LogP contribution in [0.25, 0.3) is 0 Å². The summed E-state index contributed by atoms with van der Waals surface area (Å²) in [5.74, 6) is 0.286. The maximum atomic E-state index is 12.5. The van der Waals surface area contributed by atoms with Gasteiger partial charge in [-0.2, -0.15) is 0 Å². The van der Waals surface area contributed by atoms with Crippen LogP contribution < -0.4 is 14.8 Å². The number of nitrogens with one attached hydrogen (secondary N) is 1. The molecule has 0 fully saturated rings. The van der Waals surface area contributed by atoms with E-state index in [1.165, 1.54) is 26.0 Å². The summed E-state index contributed by atoms with van der Waals surface area (Å²) in [6, 6.07) is 10.9. The minimum absolute atomic E-state index is 0.0856. The predicted molar refractivity (Wildman–Crippen MR) is 105 cm³/mol. The molecule has 2 amide bonds. The first kappa shape index (κ1) is 20.6. The number of amides is 2. The van der Waals surface area contributed by atoms with Gasteiger partial charge in [-0.1, -0.05) is 35.9 Å². The lowest BCUT2D eigenvalue weighted by Crippen LogP contribution is -2.36. The van der Waals surface area contributed by atoms with Crippen LogP contribution >= 0.6 is 11.6 Å². The van der Waals surface area contributed by atoms with Crippen molar-refractivity contribution >= 4 is 29.1 Å². The fraction of sp³-hybridized carbons (Fsp3) is 0.300. The molecule has 0 aromatic heterocycles. The summed E-state index contributed by atoms with van der Waals surface area (Å²) in [5, 5.41) is 3.13. The van der Waals surface area contributed by atoms with E-state index in [2.05, 4.69) is 5.32 Å². The first-order chi connectivity index (χ1) is 12.8. The SMILES string of the molecule is COc1cc(NC(=O)CN(Cc2ccccc2C)C(C)=O)c(OC)cc1Cl. The van der Waals surface area contributed by atoms with Crippen LogP contribution in [-0.4, -0.2) is 37.5 Å². The number of benzene rings is 2. The average molecular weight is 391 g/mol. The monoisotopic (exact) mass is 390 g/mol. The number of aryl methyl sites for hydroxylation is 1. The van der Waals surface area contributed by atoms with Crippen LogP contribution in [0.3, 0.4) is 0 Å². The van der Waals surface area contributed by atoms with E-state index in [1.54, 1.807) is 12.1 Å². The molecule has 2 aromatic carbocycles. The molecule has 0 aliphatic rings. The van der Waals surface area contributed by atoms with Gasteiger partial charge in [-0.05, 0) is 18.1 Å². The molecule has 6 nitrogen and oxygen atoms in total. The van der Waals surface area contributed by atoms with Crippen LogP contribution in [-0.2, 0) is 16.1 Å². The van der Waals surface area contributed by atoms with E-state index in [0.29, 0.717) is 28.8 Å². The van der Waals surface area contributed by atoms with E-state index in [-0.39, 0.29) is 18.4 Å². The van der Waals surface area contributed by atoms with Crippen molar-refractivity contribution in [2.24, 2.45) is 0 Å². The molecule has 0 saturated carbocycles. The molecule has 2 rings (SSSR count). The molecule has 0 aliphatic carbocycles. The second-order valence-corrected chi connectivity index (χ2v) is 6.44. The molecule has 0 unspecified atom stereocenters. The number of halogens is 1. The molecular formula is C20H23ClN2O4. The Hall–Kier alpha value is -2.73. The van der Waals surface area contributed by atoms with Gasteiger partial charge in [-0.15, -0.1) is 0 Å². The molecule has 27 heavy (non-hydrogen) atoms. The first-order valence-electron chi connectivity index (χ1n) is 8.37. The third-order valence-electron chi connectivity index (χ3n) is 4.15. The summed E-state index contributed by atoms with van der Waals surface area (Å²) >= 11 is 6.08. The fourth-order valence-electron chi connectivity index (χ4n) is 2.59. The smallest absolute Gasteiger partial charge is 0.244 e. The summed E-state index contributed by atoms with van der Waals surface area (Å²) < 4.78 is 10.4. The van der Waals surface area contributed by atoms with E-state index in [1.807, 2.05) is 31.2 Å². The standard InChI is InChI=1S/C20H23ClN2O4/c1-13-7-5-6-8-15(13)11-23(14(2)24)12-20(25)22-17-10-18(26-3)16(21)9-19(17)27-4/h5-10H,11-12H2,1-4H3,(H,22,25). The number of nitrogens with zero attached hydrogens (tertiary/aromatic N) is 1. The Bertz CT molecular complexity index is 839. The first-order valence-corrected chi connectivity index (χ1v) is 8.75. The van der Waals surface area contributed by atoms with Gasteiger partial charge in [-0.3, -0.25) is 9.59 Å². The zero-order valence-electron chi connectivity index (χ0n) is 15.8. The number of carbonyl (C=O) groups is 2. The Kier molecular flexibility index (Phi) is 7.07. The quantitative estimate of drug-likeness (QED) is 0.783. The average Bonchev–Trinajstić information content (AvgIpc) is 2.63. The highest BCUT2D eigenvalue weighted by molar-refractivity contribution is 6.32. The summed E-state index contributed by atoms with van der Waals surface area (Å²) in [4.78, 5) is 26.0. The molecule has 144 valence electrons. The molecule has 0 bridgehead atoms. The van der Waals surface area contributed by atoms with Gasteiger partial charge in [-0.25, -0.2) is 0 Å². The van der Waals surface area contributed by atoms with Crippen molar-refractivity contribution in [3.05, 3.63) is 52.5 Å². The van der Waals surface area contributed by atoms with Gasteiger partial charge >= 0.3 is 0 Å². The Morgan fingerprint density at radius 2 is 1.78 bits per heavy atom. The number of anilines is 1.